The minimum atomic E-state index is -1.69. The number of carbonyl (C=O) groups excluding carboxylic acids is 1. The fourth-order valence-corrected chi connectivity index (χ4v) is 2.55. The molecule has 2 bridgehead atoms. The van der Waals surface area contributed by atoms with Crippen LogP contribution in [-0.4, -0.2) is 28.6 Å². The number of rotatable bonds is 1. The summed E-state index contributed by atoms with van der Waals surface area (Å²) in [6.07, 6.45) is 4.30. The van der Waals surface area contributed by atoms with Gasteiger partial charge >= 0.3 is 0 Å². The smallest absolute Gasteiger partial charge is 0.260 e. The number of amides is 1. The summed E-state index contributed by atoms with van der Waals surface area (Å²) < 4.78 is 13.4. The molecule has 0 radical (unpaired) electrons. The van der Waals surface area contributed by atoms with Crippen LogP contribution in [0.15, 0.2) is 0 Å². The Kier molecular flexibility index (Phi) is 1.86. The molecule has 0 spiro atoms. The lowest BCUT2D eigenvalue weighted by molar-refractivity contribution is -0.143. The third-order valence-corrected chi connectivity index (χ3v) is 3.20. The van der Waals surface area contributed by atoms with E-state index in [0.29, 0.717) is 12.1 Å². The molecule has 13 heavy (non-hydrogen) atoms. The van der Waals surface area contributed by atoms with Gasteiger partial charge in [-0.1, -0.05) is 0 Å². The number of hydrogen-bond donors (Lipinski definition) is 0. The minimum absolute atomic E-state index is 0.308. The summed E-state index contributed by atoms with van der Waals surface area (Å²) in [7, 11) is 0. The van der Waals surface area contributed by atoms with Gasteiger partial charge in [0.2, 0.25) is 0 Å². The zero-order chi connectivity index (χ0) is 9.64. The number of nitrogens with zero attached hydrogens (tertiary/aromatic N) is 1. The Hall–Kier alpha value is -0.600. The molecule has 2 aliphatic heterocycles. The van der Waals surface area contributed by atoms with Gasteiger partial charge in [-0.15, -0.1) is 0 Å². The Labute approximate surface area is 78.1 Å². The molecule has 0 aromatic carbocycles. The maximum Gasteiger partial charge on any atom is 0.260 e. The van der Waals surface area contributed by atoms with Crippen LogP contribution in [0.3, 0.4) is 0 Å². The van der Waals surface area contributed by atoms with Crippen molar-refractivity contribution in [3.05, 3.63) is 0 Å². The summed E-state index contributed by atoms with van der Waals surface area (Å²) in [5.74, 6) is -0.308. The van der Waals surface area contributed by atoms with E-state index in [-0.39, 0.29) is 5.91 Å². The van der Waals surface area contributed by atoms with Crippen LogP contribution in [0.25, 0.3) is 0 Å². The van der Waals surface area contributed by atoms with E-state index in [9.17, 15) is 9.18 Å². The summed E-state index contributed by atoms with van der Waals surface area (Å²) in [5, 5.41) is 0. The zero-order valence-electron chi connectivity index (χ0n) is 8.22. The minimum Gasteiger partial charge on any atom is -0.334 e. The van der Waals surface area contributed by atoms with Crippen LogP contribution in [0.5, 0.6) is 0 Å². The lowest BCUT2D eigenvalue weighted by atomic mass is 10.0. The third kappa shape index (κ3) is 1.34. The zero-order valence-corrected chi connectivity index (χ0v) is 8.22. The van der Waals surface area contributed by atoms with E-state index in [1.807, 2.05) is 0 Å². The lowest BCUT2D eigenvalue weighted by Gasteiger charge is -2.27. The Morgan fingerprint density at radius 1 is 1.23 bits per heavy atom. The number of halogens is 1. The molecular formula is C10H16FNO. The summed E-state index contributed by atoms with van der Waals surface area (Å²) in [6, 6.07) is 0.681. The predicted octanol–water partition coefficient (Wildman–Crippen LogP) is 1.89. The standard InChI is InChI=1S/C10H16FNO/c1-10(2,11)9(13)12-7-3-4-8(12)6-5-7/h7-8H,3-6H2,1-2H3. The number of alkyl halides is 1. The number of fused-ring (bicyclic) bond motifs is 2. The van der Waals surface area contributed by atoms with Crippen LogP contribution in [0.2, 0.25) is 0 Å². The molecule has 74 valence electrons. The molecule has 0 saturated carbocycles. The van der Waals surface area contributed by atoms with Crippen molar-refractivity contribution < 1.29 is 9.18 Å². The van der Waals surface area contributed by atoms with E-state index in [0.717, 1.165) is 25.7 Å². The molecular weight excluding hydrogens is 169 g/mol. The van der Waals surface area contributed by atoms with E-state index in [1.54, 1.807) is 4.90 Å². The van der Waals surface area contributed by atoms with E-state index in [2.05, 4.69) is 0 Å². The Bertz CT molecular complexity index is 214. The second kappa shape index (κ2) is 2.69. The first kappa shape index (κ1) is 8.97. The van der Waals surface area contributed by atoms with Gasteiger partial charge in [0.15, 0.2) is 5.67 Å². The Morgan fingerprint density at radius 2 is 1.62 bits per heavy atom. The van der Waals surface area contributed by atoms with Gasteiger partial charge in [0.1, 0.15) is 0 Å². The highest BCUT2D eigenvalue weighted by molar-refractivity contribution is 5.85. The molecule has 0 aliphatic carbocycles. The van der Waals surface area contributed by atoms with E-state index < -0.39 is 5.67 Å². The molecule has 2 rings (SSSR count). The highest BCUT2D eigenvalue weighted by atomic mass is 19.1. The van der Waals surface area contributed by atoms with Crippen LogP contribution in [0.4, 0.5) is 4.39 Å². The Morgan fingerprint density at radius 3 is 1.92 bits per heavy atom. The largest absolute Gasteiger partial charge is 0.334 e. The highest BCUT2D eigenvalue weighted by Crippen LogP contribution is 2.39. The van der Waals surface area contributed by atoms with Crippen molar-refractivity contribution in [2.45, 2.75) is 57.3 Å². The van der Waals surface area contributed by atoms with Crippen LogP contribution in [0.1, 0.15) is 39.5 Å². The quantitative estimate of drug-likeness (QED) is 0.611. The topological polar surface area (TPSA) is 20.3 Å². The average molecular weight is 185 g/mol. The van der Waals surface area contributed by atoms with E-state index in [1.165, 1.54) is 13.8 Å². The molecule has 0 aromatic rings. The first-order valence-electron chi connectivity index (χ1n) is 5.02. The molecule has 1 amide bonds. The predicted molar refractivity (Wildman–Crippen MR) is 48.1 cm³/mol. The molecule has 2 nitrogen and oxygen atoms in total. The average Bonchev–Trinajstić information content (AvgIpc) is 2.59. The fraction of sp³-hybridized carbons (Fsp3) is 0.900. The molecule has 2 fully saturated rings. The fourth-order valence-electron chi connectivity index (χ4n) is 2.55. The van der Waals surface area contributed by atoms with E-state index >= 15 is 0 Å². The molecule has 0 aromatic heterocycles. The van der Waals surface area contributed by atoms with Crippen molar-refractivity contribution in [1.82, 2.24) is 4.90 Å². The van der Waals surface area contributed by atoms with Crippen molar-refractivity contribution in [2.24, 2.45) is 0 Å². The first-order valence-corrected chi connectivity index (χ1v) is 5.02. The molecule has 2 heterocycles. The van der Waals surface area contributed by atoms with Crippen molar-refractivity contribution in [3.63, 3.8) is 0 Å². The first-order chi connectivity index (χ1) is 6.00. The van der Waals surface area contributed by atoms with E-state index in [4.69, 9.17) is 0 Å². The number of carbonyl (C=O) groups is 1. The van der Waals surface area contributed by atoms with Gasteiger partial charge in [0.25, 0.3) is 5.91 Å². The number of hydrogen-bond acceptors (Lipinski definition) is 1. The monoisotopic (exact) mass is 185 g/mol. The van der Waals surface area contributed by atoms with Crippen LogP contribution >= 0.6 is 0 Å². The molecule has 2 aliphatic rings. The summed E-state index contributed by atoms with van der Waals surface area (Å²) >= 11 is 0. The van der Waals surface area contributed by atoms with Gasteiger partial charge in [-0.2, -0.15) is 0 Å². The molecule has 0 unspecified atom stereocenters. The van der Waals surface area contributed by atoms with Crippen molar-refractivity contribution in [2.75, 3.05) is 0 Å². The Balaban J connectivity index is 2.14. The summed E-state index contributed by atoms with van der Waals surface area (Å²) in [5.41, 5.74) is -1.69. The molecule has 3 heteroatoms. The maximum atomic E-state index is 13.4. The van der Waals surface area contributed by atoms with Crippen LogP contribution < -0.4 is 0 Å². The van der Waals surface area contributed by atoms with Gasteiger partial charge in [-0.3, -0.25) is 4.79 Å². The molecule has 2 saturated heterocycles. The van der Waals surface area contributed by atoms with Gasteiger partial charge in [-0.25, -0.2) is 4.39 Å². The summed E-state index contributed by atoms with van der Waals surface area (Å²) in [6.45, 7) is 2.71. The highest BCUT2D eigenvalue weighted by Gasteiger charge is 2.46. The molecule has 0 atom stereocenters. The second-order valence-corrected chi connectivity index (χ2v) is 4.65. The summed E-state index contributed by atoms with van der Waals surface area (Å²) in [4.78, 5) is 13.5. The van der Waals surface area contributed by atoms with Crippen LogP contribution in [0, 0.1) is 0 Å². The van der Waals surface area contributed by atoms with Crippen LogP contribution in [-0.2, 0) is 4.79 Å². The van der Waals surface area contributed by atoms with Gasteiger partial charge < -0.3 is 4.90 Å². The SMILES string of the molecule is CC(C)(F)C(=O)N1C2CCC1CC2. The van der Waals surface area contributed by atoms with Gasteiger partial charge in [0, 0.05) is 12.1 Å². The lowest BCUT2D eigenvalue weighted by Crippen LogP contribution is -2.45. The normalized spacial score (nSPS) is 32.7. The third-order valence-electron chi connectivity index (χ3n) is 3.20. The maximum absolute atomic E-state index is 13.4. The van der Waals surface area contributed by atoms with Crippen molar-refractivity contribution in [1.29, 1.82) is 0 Å². The van der Waals surface area contributed by atoms with Crippen molar-refractivity contribution in [3.8, 4) is 0 Å². The molecule has 0 N–H and O–H groups in total. The van der Waals surface area contributed by atoms with Gasteiger partial charge in [-0.05, 0) is 39.5 Å². The second-order valence-electron chi connectivity index (χ2n) is 4.65. The van der Waals surface area contributed by atoms with Gasteiger partial charge in [0.05, 0.1) is 0 Å². The van der Waals surface area contributed by atoms with Crippen molar-refractivity contribution >= 4 is 5.91 Å².